The van der Waals surface area contributed by atoms with E-state index >= 15 is 0 Å². The van der Waals surface area contributed by atoms with Gasteiger partial charge in [-0.2, -0.15) is 0 Å². The highest BCUT2D eigenvalue weighted by Gasteiger charge is 2.23. The zero-order valence-electron chi connectivity index (χ0n) is 9.74. The zero-order chi connectivity index (χ0) is 11.4. The lowest BCUT2D eigenvalue weighted by molar-refractivity contribution is 0.0930. The van der Waals surface area contributed by atoms with E-state index in [1.54, 1.807) is 7.11 Å². The molecule has 0 unspecified atom stereocenters. The van der Waals surface area contributed by atoms with Crippen molar-refractivity contribution in [3.8, 4) is 0 Å². The quantitative estimate of drug-likeness (QED) is 0.709. The Morgan fingerprint density at radius 3 is 2.75 bits per heavy atom. The Balaban J connectivity index is 2.15. The molecular formula is C14H18O2. The first-order valence-electron chi connectivity index (χ1n) is 5.94. The molecule has 2 nitrogen and oxygen atoms in total. The lowest BCUT2D eigenvalue weighted by atomic mass is 9.77. The summed E-state index contributed by atoms with van der Waals surface area (Å²) >= 11 is 0. The van der Waals surface area contributed by atoms with Crippen LogP contribution in [0, 0.1) is 0 Å². The molecule has 1 fully saturated rings. The highest BCUT2D eigenvalue weighted by atomic mass is 16.5. The highest BCUT2D eigenvalue weighted by molar-refractivity contribution is 5.97. The fourth-order valence-corrected chi connectivity index (χ4v) is 2.16. The molecule has 1 aliphatic carbocycles. The maximum Gasteiger partial charge on any atom is 0.165 e. The van der Waals surface area contributed by atoms with Gasteiger partial charge in [-0.25, -0.2) is 0 Å². The van der Waals surface area contributed by atoms with E-state index in [2.05, 4.69) is 6.07 Å². The Hall–Kier alpha value is -1.15. The van der Waals surface area contributed by atoms with Crippen LogP contribution in [0.1, 0.15) is 47.5 Å². The summed E-state index contributed by atoms with van der Waals surface area (Å²) in [4.78, 5) is 12.0. The van der Waals surface area contributed by atoms with Gasteiger partial charge < -0.3 is 4.74 Å². The summed E-state index contributed by atoms with van der Waals surface area (Å²) < 4.78 is 4.95. The first-order valence-corrected chi connectivity index (χ1v) is 5.94. The van der Waals surface area contributed by atoms with E-state index in [-0.39, 0.29) is 5.78 Å². The third-order valence-corrected chi connectivity index (χ3v) is 3.34. The topological polar surface area (TPSA) is 26.3 Å². The lowest BCUT2D eigenvalue weighted by Crippen LogP contribution is -2.14. The molecule has 1 aromatic rings. The van der Waals surface area contributed by atoms with Gasteiger partial charge in [-0.15, -0.1) is 0 Å². The van der Waals surface area contributed by atoms with Gasteiger partial charge in [0.2, 0.25) is 0 Å². The minimum Gasteiger partial charge on any atom is -0.384 e. The third-order valence-electron chi connectivity index (χ3n) is 3.34. The predicted octanol–water partition coefficient (Wildman–Crippen LogP) is 3.17. The van der Waals surface area contributed by atoms with Gasteiger partial charge in [0.15, 0.2) is 5.78 Å². The molecule has 0 aliphatic heterocycles. The molecule has 0 radical (unpaired) electrons. The smallest absolute Gasteiger partial charge is 0.165 e. The molecular weight excluding hydrogens is 200 g/mol. The van der Waals surface area contributed by atoms with Gasteiger partial charge in [-0.1, -0.05) is 30.7 Å². The van der Waals surface area contributed by atoms with Crippen LogP contribution in [0.15, 0.2) is 24.3 Å². The van der Waals surface area contributed by atoms with Crippen molar-refractivity contribution in [1.29, 1.82) is 0 Å². The maximum absolute atomic E-state index is 12.0. The summed E-state index contributed by atoms with van der Waals surface area (Å²) in [6.07, 6.45) is 4.24. The van der Waals surface area contributed by atoms with E-state index in [1.807, 2.05) is 18.2 Å². The number of ether oxygens (including phenoxy) is 1. The van der Waals surface area contributed by atoms with Crippen molar-refractivity contribution in [3.63, 3.8) is 0 Å². The Bertz CT molecular complexity index is 367. The van der Waals surface area contributed by atoms with Crippen LogP contribution in [0.2, 0.25) is 0 Å². The fourth-order valence-electron chi connectivity index (χ4n) is 2.16. The number of ketones is 1. The van der Waals surface area contributed by atoms with E-state index in [1.165, 1.54) is 24.8 Å². The second-order valence-electron chi connectivity index (χ2n) is 4.38. The molecule has 0 aromatic heterocycles. The third kappa shape index (κ3) is 2.33. The van der Waals surface area contributed by atoms with Crippen LogP contribution < -0.4 is 0 Å². The normalized spacial score (nSPS) is 15.8. The molecule has 1 saturated carbocycles. The SMILES string of the molecule is COCCC(=O)c1ccccc1C1CCC1. The monoisotopic (exact) mass is 218 g/mol. The number of benzene rings is 1. The summed E-state index contributed by atoms with van der Waals surface area (Å²) in [5.74, 6) is 0.826. The molecule has 0 saturated heterocycles. The summed E-state index contributed by atoms with van der Waals surface area (Å²) in [5.41, 5.74) is 2.15. The Morgan fingerprint density at radius 1 is 1.38 bits per heavy atom. The van der Waals surface area contributed by atoms with Crippen molar-refractivity contribution in [2.45, 2.75) is 31.6 Å². The van der Waals surface area contributed by atoms with Gasteiger partial charge in [0.05, 0.1) is 6.61 Å². The Kier molecular flexibility index (Phi) is 3.73. The van der Waals surface area contributed by atoms with Crippen LogP contribution in [0.25, 0.3) is 0 Å². The molecule has 1 aromatic carbocycles. The number of Topliss-reactive ketones (excluding diaryl/α,β-unsaturated/α-hetero) is 1. The van der Waals surface area contributed by atoms with Gasteiger partial charge >= 0.3 is 0 Å². The number of hydrogen-bond donors (Lipinski definition) is 0. The van der Waals surface area contributed by atoms with Crippen molar-refractivity contribution in [3.05, 3.63) is 35.4 Å². The molecule has 86 valence electrons. The maximum atomic E-state index is 12.0. The summed E-state index contributed by atoms with van der Waals surface area (Å²) in [7, 11) is 1.63. The van der Waals surface area contributed by atoms with E-state index < -0.39 is 0 Å². The summed E-state index contributed by atoms with van der Waals surface area (Å²) in [6, 6.07) is 8.03. The average molecular weight is 218 g/mol. The van der Waals surface area contributed by atoms with Gasteiger partial charge in [0, 0.05) is 19.1 Å². The van der Waals surface area contributed by atoms with Crippen molar-refractivity contribution in [2.75, 3.05) is 13.7 Å². The number of carbonyl (C=O) groups is 1. The Morgan fingerprint density at radius 2 is 2.12 bits per heavy atom. The van der Waals surface area contributed by atoms with Crippen molar-refractivity contribution < 1.29 is 9.53 Å². The van der Waals surface area contributed by atoms with Gasteiger partial charge in [-0.05, 0) is 24.3 Å². The number of hydrogen-bond acceptors (Lipinski definition) is 2. The van der Waals surface area contributed by atoms with Crippen LogP contribution in [-0.2, 0) is 4.74 Å². The van der Waals surface area contributed by atoms with Gasteiger partial charge in [-0.3, -0.25) is 4.79 Å². The second-order valence-corrected chi connectivity index (χ2v) is 4.38. The largest absolute Gasteiger partial charge is 0.384 e. The average Bonchev–Trinajstić information content (AvgIpc) is 2.24. The minimum atomic E-state index is 0.212. The molecule has 0 N–H and O–H groups in total. The molecule has 16 heavy (non-hydrogen) atoms. The van der Waals surface area contributed by atoms with Crippen LogP contribution in [-0.4, -0.2) is 19.5 Å². The molecule has 0 spiro atoms. The lowest BCUT2D eigenvalue weighted by Gasteiger charge is -2.27. The standard InChI is InChI=1S/C14H18O2/c1-16-10-9-14(15)13-8-3-2-7-12(13)11-5-4-6-11/h2-3,7-8,11H,4-6,9-10H2,1H3. The van der Waals surface area contributed by atoms with Crippen LogP contribution in [0.3, 0.4) is 0 Å². The predicted molar refractivity (Wildman–Crippen MR) is 63.9 cm³/mol. The first-order chi connectivity index (χ1) is 7.83. The molecule has 0 bridgehead atoms. The van der Waals surface area contributed by atoms with E-state index in [4.69, 9.17) is 4.74 Å². The van der Waals surface area contributed by atoms with Crippen molar-refractivity contribution in [1.82, 2.24) is 0 Å². The highest BCUT2D eigenvalue weighted by Crippen LogP contribution is 2.38. The van der Waals surface area contributed by atoms with E-state index in [0.29, 0.717) is 18.9 Å². The van der Waals surface area contributed by atoms with E-state index in [0.717, 1.165) is 5.56 Å². The first kappa shape index (κ1) is 11.3. The number of rotatable bonds is 5. The van der Waals surface area contributed by atoms with E-state index in [9.17, 15) is 4.79 Å². The minimum absolute atomic E-state index is 0.212. The fraction of sp³-hybridized carbons (Fsp3) is 0.500. The van der Waals surface area contributed by atoms with Crippen LogP contribution in [0.5, 0.6) is 0 Å². The van der Waals surface area contributed by atoms with Crippen molar-refractivity contribution >= 4 is 5.78 Å². The second kappa shape index (κ2) is 5.26. The van der Waals surface area contributed by atoms with Crippen molar-refractivity contribution in [2.24, 2.45) is 0 Å². The number of carbonyl (C=O) groups excluding carboxylic acids is 1. The molecule has 0 amide bonds. The van der Waals surface area contributed by atoms with Crippen LogP contribution in [0.4, 0.5) is 0 Å². The molecule has 1 aliphatic rings. The zero-order valence-corrected chi connectivity index (χ0v) is 9.74. The number of methoxy groups -OCH3 is 1. The van der Waals surface area contributed by atoms with Gasteiger partial charge in [0.25, 0.3) is 0 Å². The summed E-state index contributed by atoms with van der Waals surface area (Å²) in [5, 5.41) is 0. The Labute approximate surface area is 96.6 Å². The van der Waals surface area contributed by atoms with Gasteiger partial charge in [0.1, 0.15) is 0 Å². The molecule has 0 heterocycles. The van der Waals surface area contributed by atoms with Crippen LogP contribution >= 0.6 is 0 Å². The molecule has 0 atom stereocenters. The molecule has 2 rings (SSSR count). The summed E-state index contributed by atoms with van der Waals surface area (Å²) in [6.45, 7) is 0.512. The molecule has 2 heteroatoms.